The molecule has 0 aliphatic rings. The van der Waals surface area contributed by atoms with E-state index in [9.17, 15) is 13.2 Å². The molecule has 0 radical (unpaired) electrons. The van der Waals surface area contributed by atoms with E-state index >= 15 is 0 Å². The Morgan fingerprint density at radius 2 is 1.79 bits per heavy atom. The van der Waals surface area contributed by atoms with Gasteiger partial charge in [-0.2, -0.15) is 5.26 Å². The van der Waals surface area contributed by atoms with Crippen LogP contribution in [0.5, 0.6) is 0 Å². The SMILES string of the molecule is CCS(=O)(=O)c1ccc([C@H](CC#N)c2ccccc2C(N)=O)cc1. The molecule has 0 aliphatic carbocycles. The Labute approximate surface area is 141 Å². The molecule has 24 heavy (non-hydrogen) atoms. The summed E-state index contributed by atoms with van der Waals surface area (Å²) < 4.78 is 23.8. The average Bonchev–Trinajstić information content (AvgIpc) is 2.60. The van der Waals surface area contributed by atoms with Gasteiger partial charge >= 0.3 is 0 Å². The summed E-state index contributed by atoms with van der Waals surface area (Å²) in [4.78, 5) is 11.9. The third kappa shape index (κ3) is 3.63. The van der Waals surface area contributed by atoms with Gasteiger partial charge in [0.1, 0.15) is 0 Å². The van der Waals surface area contributed by atoms with E-state index < -0.39 is 15.7 Å². The summed E-state index contributed by atoms with van der Waals surface area (Å²) >= 11 is 0. The van der Waals surface area contributed by atoms with Gasteiger partial charge in [0.2, 0.25) is 5.91 Å². The second kappa shape index (κ2) is 7.28. The van der Waals surface area contributed by atoms with Crippen LogP contribution in [0.4, 0.5) is 0 Å². The highest BCUT2D eigenvalue weighted by Gasteiger charge is 2.20. The largest absolute Gasteiger partial charge is 0.366 e. The van der Waals surface area contributed by atoms with Crippen molar-refractivity contribution in [2.45, 2.75) is 24.2 Å². The maximum absolute atomic E-state index is 11.9. The minimum Gasteiger partial charge on any atom is -0.366 e. The molecule has 124 valence electrons. The van der Waals surface area contributed by atoms with E-state index in [1.165, 1.54) is 12.1 Å². The minimum atomic E-state index is -3.28. The number of carbonyl (C=O) groups is 1. The number of nitrogens with zero attached hydrogens (tertiary/aromatic N) is 1. The third-order valence-electron chi connectivity index (χ3n) is 3.92. The fourth-order valence-electron chi connectivity index (χ4n) is 2.60. The summed E-state index contributed by atoms with van der Waals surface area (Å²) in [6.45, 7) is 1.59. The summed E-state index contributed by atoms with van der Waals surface area (Å²) in [5.41, 5.74) is 7.22. The van der Waals surface area contributed by atoms with Gasteiger partial charge in [0, 0.05) is 17.9 Å². The lowest BCUT2D eigenvalue weighted by Gasteiger charge is -2.18. The van der Waals surface area contributed by atoms with Gasteiger partial charge in [0.15, 0.2) is 9.84 Å². The van der Waals surface area contributed by atoms with Crippen molar-refractivity contribution in [1.82, 2.24) is 0 Å². The van der Waals surface area contributed by atoms with Crippen LogP contribution in [0.25, 0.3) is 0 Å². The average molecular weight is 342 g/mol. The number of benzene rings is 2. The van der Waals surface area contributed by atoms with E-state index in [0.717, 1.165) is 5.56 Å². The first-order chi connectivity index (χ1) is 11.4. The summed E-state index contributed by atoms with van der Waals surface area (Å²) in [5, 5.41) is 9.15. The van der Waals surface area contributed by atoms with Crippen molar-refractivity contribution in [3.05, 3.63) is 65.2 Å². The summed E-state index contributed by atoms with van der Waals surface area (Å²) in [5.74, 6) is -0.880. The van der Waals surface area contributed by atoms with Crippen LogP contribution in [0.2, 0.25) is 0 Å². The first-order valence-corrected chi connectivity index (χ1v) is 9.14. The van der Waals surface area contributed by atoms with E-state index in [-0.39, 0.29) is 23.0 Å². The zero-order chi connectivity index (χ0) is 17.7. The molecule has 6 heteroatoms. The number of nitriles is 1. The fourth-order valence-corrected chi connectivity index (χ4v) is 3.48. The number of carbonyl (C=O) groups excluding carboxylic acids is 1. The molecule has 0 saturated heterocycles. The molecule has 1 amide bonds. The van der Waals surface area contributed by atoms with Gasteiger partial charge in [-0.05, 0) is 29.3 Å². The highest BCUT2D eigenvalue weighted by molar-refractivity contribution is 7.91. The lowest BCUT2D eigenvalue weighted by molar-refractivity contribution is 0.0999. The Hall–Kier alpha value is -2.65. The molecule has 2 rings (SSSR count). The number of amides is 1. The Kier molecular flexibility index (Phi) is 5.37. The molecular weight excluding hydrogens is 324 g/mol. The molecule has 2 N–H and O–H groups in total. The van der Waals surface area contributed by atoms with Gasteiger partial charge in [-0.15, -0.1) is 0 Å². The Morgan fingerprint density at radius 1 is 1.17 bits per heavy atom. The number of nitrogens with two attached hydrogens (primary N) is 1. The van der Waals surface area contributed by atoms with Crippen molar-refractivity contribution in [2.75, 3.05) is 5.75 Å². The predicted octanol–water partition coefficient (Wildman–Crippen LogP) is 2.62. The summed E-state index contributed by atoms with van der Waals surface area (Å²) in [6.07, 6.45) is 0.157. The highest BCUT2D eigenvalue weighted by atomic mass is 32.2. The van der Waals surface area contributed by atoms with Gasteiger partial charge in [0.25, 0.3) is 0 Å². The van der Waals surface area contributed by atoms with Crippen LogP contribution in [0.15, 0.2) is 53.4 Å². The van der Waals surface area contributed by atoms with Crippen LogP contribution in [0, 0.1) is 11.3 Å². The van der Waals surface area contributed by atoms with Crippen LogP contribution in [0.1, 0.15) is 40.7 Å². The molecule has 1 atom stereocenters. The van der Waals surface area contributed by atoms with Gasteiger partial charge in [0.05, 0.1) is 16.7 Å². The number of rotatable bonds is 6. The molecule has 0 bridgehead atoms. The quantitative estimate of drug-likeness (QED) is 0.872. The number of hydrogen-bond acceptors (Lipinski definition) is 4. The first-order valence-electron chi connectivity index (χ1n) is 7.49. The van der Waals surface area contributed by atoms with Crippen LogP contribution < -0.4 is 5.73 Å². The van der Waals surface area contributed by atoms with Gasteiger partial charge in [-0.25, -0.2) is 8.42 Å². The molecule has 0 spiro atoms. The van der Waals surface area contributed by atoms with Crippen molar-refractivity contribution >= 4 is 15.7 Å². The molecule has 2 aromatic rings. The van der Waals surface area contributed by atoms with Crippen molar-refractivity contribution in [1.29, 1.82) is 5.26 Å². The third-order valence-corrected chi connectivity index (χ3v) is 5.67. The van der Waals surface area contributed by atoms with Crippen LogP contribution in [-0.4, -0.2) is 20.1 Å². The summed E-state index contributed by atoms with van der Waals surface area (Å²) in [7, 11) is -3.28. The predicted molar refractivity (Wildman–Crippen MR) is 91.2 cm³/mol. The first kappa shape index (κ1) is 17.7. The minimum absolute atomic E-state index is 0.0263. The maximum atomic E-state index is 11.9. The van der Waals surface area contributed by atoms with Gasteiger partial charge in [-0.1, -0.05) is 37.3 Å². The maximum Gasteiger partial charge on any atom is 0.248 e. The standard InChI is InChI=1S/C18H18N2O3S/c1-2-24(22,23)14-9-7-13(8-10-14)15(11-12-19)16-5-3-4-6-17(16)18(20)21/h3-10,15H,2,11H2,1H3,(H2,20,21)/t15-/m0/s1. The number of primary amides is 1. The highest BCUT2D eigenvalue weighted by Crippen LogP contribution is 2.31. The van der Waals surface area contributed by atoms with E-state index in [2.05, 4.69) is 6.07 Å². The van der Waals surface area contributed by atoms with Crippen LogP contribution >= 0.6 is 0 Å². The van der Waals surface area contributed by atoms with Crippen LogP contribution in [-0.2, 0) is 9.84 Å². The molecule has 5 nitrogen and oxygen atoms in total. The Balaban J connectivity index is 2.50. The smallest absolute Gasteiger partial charge is 0.248 e. The normalized spacial score (nSPS) is 12.3. The molecule has 0 saturated carbocycles. The Bertz CT molecular complexity index is 881. The molecule has 0 fully saturated rings. The molecular formula is C18H18N2O3S. The topological polar surface area (TPSA) is 101 Å². The number of hydrogen-bond donors (Lipinski definition) is 1. The van der Waals surface area contributed by atoms with Crippen molar-refractivity contribution in [2.24, 2.45) is 5.73 Å². The zero-order valence-corrected chi connectivity index (χ0v) is 14.1. The van der Waals surface area contributed by atoms with Crippen molar-refractivity contribution < 1.29 is 13.2 Å². The monoisotopic (exact) mass is 342 g/mol. The van der Waals surface area contributed by atoms with Crippen molar-refractivity contribution in [3.8, 4) is 6.07 Å². The van der Waals surface area contributed by atoms with E-state index in [4.69, 9.17) is 11.0 Å². The van der Waals surface area contributed by atoms with Gasteiger partial charge in [-0.3, -0.25) is 4.79 Å². The second-order valence-corrected chi connectivity index (χ2v) is 7.62. The molecule has 0 aromatic heterocycles. The van der Waals surface area contributed by atoms with Crippen molar-refractivity contribution in [3.63, 3.8) is 0 Å². The van der Waals surface area contributed by atoms with E-state index in [1.54, 1.807) is 43.3 Å². The fraction of sp³-hybridized carbons (Fsp3) is 0.222. The number of sulfone groups is 1. The second-order valence-electron chi connectivity index (χ2n) is 5.34. The molecule has 0 unspecified atom stereocenters. The van der Waals surface area contributed by atoms with E-state index in [1.807, 2.05) is 0 Å². The lowest BCUT2D eigenvalue weighted by atomic mass is 9.86. The van der Waals surface area contributed by atoms with Crippen LogP contribution in [0.3, 0.4) is 0 Å². The lowest BCUT2D eigenvalue weighted by Crippen LogP contribution is -2.16. The molecule has 2 aromatic carbocycles. The zero-order valence-electron chi connectivity index (χ0n) is 13.3. The molecule has 0 aliphatic heterocycles. The molecule has 0 heterocycles. The van der Waals surface area contributed by atoms with Gasteiger partial charge < -0.3 is 5.73 Å². The Morgan fingerprint density at radius 3 is 2.33 bits per heavy atom. The van der Waals surface area contributed by atoms with E-state index in [0.29, 0.717) is 11.1 Å². The summed E-state index contributed by atoms with van der Waals surface area (Å²) in [6, 6.07) is 15.4.